The molecule has 1 aliphatic carbocycles. The van der Waals surface area contributed by atoms with E-state index in [1.807, 2.05) is 12.1 Å². The van der Waals surface area contributed by atoms with Crippen molar-refractivity contribution in [3.05, 3.63) is 29.8 Å². The molecule has 0 bridgehead atoms. The molecule has 3 nitrogen and oxygen atoms in total. The lowest BCUT2D eigenvalue weighted by Crippen LogP contribution is -2.50. The van der Waals surface area contributed by atoms with E-state index < -0.39 is 0 Å². The van der Waals surface area contributed by atoms with Gasteiger partial charge in [-0.25, -0.2) is 0 Å². The molecule has 1 aromatic rings. The maximum Gasteiger partial charge on any atom is 0.314 e. The van der Waals surface area contributed by atoms with Gasteiger partial charge in [-0.1, -0.05) is 37.5 Å². The molecule has 0 amide bonds. The van der Waals surface area contributed by atoms with Crippen molar-refractivity contribution in [3.8, 4) is 0 Å². The lowest BCUT2D eigenvalue weighted by atomic mass is 9.69. The van der Waals surface area contributed by atoms with Gasteiger partial charge in [0.2, 0.25) is 0 Å². The molecule has 0 aromatic heterocycles. The van der Waals surface area contributed by atoms with Crippen molar-refractivity contribution in [2.75, 3.05) is 12.4 Å². The predicted octanol–water partition coefficient (Wildman–Crippen LogP) is 3.15. The minimum atomic E-state index is -0.362. The largest absolute Gasteiger partial charge is 0.469 e. The second kappa shape index (κ2) is 4.87. The Labute approximate surface area is 114 Å². The Kier molecular flexibility index (Phi) is 3.21. The minimum absolute atomic E-state index is 0.0404. The molecular formula is C16H21NO2. The fourth-order valence-electron chi connectivity index (χ4n) is 3.70. The number of hydrogen-bond acceptors (Lipinski definition) is 3. The smallest absolute Gasteiger partial charge is 0.314 e. The number of carbonyl (C=O) groups is 1. The van der Waals surface area contributed by atoms with Crippen molar-refractivity contribution in [1.29, 1.82) is 0 Å². The topological polar surface area (TPSA) is 38.3 Å². The molecule has 1 fully saturated rings. The zero-order valence-electron chi connectivity index (χ0n) is 11.4. The van der Waals surface area contributed by atoms with Gasteiger partial charge in [-0.2, -0.15) is 0 Å². The van der Waals surface area contributed by atoms with Crippen LogP contribution in [0.1, 0.15) is 37.7 Å². The molecule has 1 aliphatic heterocycles. The average Bonchev–Trinajstić information content (AvgIpc) is 2.66. The number of rotatable bonds is 1. The van der Waals surface area contributed by atoms with Gasteiger partial charge in [0.05, 0.1) is 12.5 Å². The summed E-state index contributed by atoms with van der Waals surface area (Å²) in [5.74, 6) is -0.0404. The van der Waals surface area contributed by atoms with Crippen LogP contribution in [0, 0.1) is 5.41 Å². The standard InChI is InChI=1S/C16H21NO2/c1-19-15(18)16-10-6-2-3-9-14(16)17-13-8-5-4-7-12(13)11-16/h4-5,7-8,14,17H,2-3,6,9-11H2,1H3/t14-,16-/m0/s1. The predicted molar refractivity (Wildman–Crippen MR) is 75.1 cm³/mol. The van der Waals surface area contributed by atoms with E-state index in [1.165, 1.54) is 31.2 Å². The highest BCUT2D eigenvalue weighted by Crippen LogP contribution is 2.45. The molecule has 0 radical (unpaired) electrons. The summed E-state index contributed by atoms with van der Waals surface area (Å²) in [6, 6.07) is 8.54. The van der Waals surface area contributed by atoms with Crippen molar-refractivity contribution in [2.45, 2.75) is 44.6 Å². The number of ether oxygens (including phenoxy) is 1. The summed E-state index contributed by atoms with van der Waals surface area (Å²) in [4.78, 5) is 12.4. The third-order valence-corrected chi connectivity index (χ3v) is 4.73. The third-order valence-electron chi connectivity index (χ3n) is 4.73. The molecule has 2 aliphatic rings. The van der Waals surface area contributed by atoms with E-state index in [1.54, 1.807) is 0 Å². The van der Waals surface area contributed by atoms with E-state index >= 15 is 0 Å². The molecule has 1 saturated carbocycles. The number of fused-ring (bicyclic) bond motifs is 2. The van der Waals surface area contributed by atoms with Gasteiger partial charge >= 0.3 is 5.97 Å². The van der Waals surface area contributed by atoms with Gasteiger partial charge in [0, 0.05) is 11.7 Å². The average molecular weight is 259 g/mol. The zero-order chi connectivity index (χ0) is 13.3. The first-order chi connectivity index (χ1) is 9.26. The Balaban J connectivity index is 2.03. The van der Waals surface area contributed by atoms with Gasteiger partial charge in [-0.3, -0.25) is 4.79 Å². The number of hydrogen-bond donors (Lipinski definition) is 1. The fourth-order valence-corrected chi connectivity index (χ4v) is 3.70. The van der Waals surface area contributed by atoms with Crippen molar-refractivity contribution in [2.24, 2.45) is 5.41 Å². The summed E-state index contributed by atoms with van der Waals surface area (Å²) in [6.45, 7) is 0. The first kappa shape index (κ1) is 12.5. The SMILES string of the molecule is COC(=O)[C@]12CCCCC[C@@H]1Nc1ccccc1C2. The highest BCUT2D eigenvalue weighted by molar-refractivity contribution is 5.80. The molecule has 3 rings (SSSR count). The van der Waals surface area contributed by atoms with Crippen LogP contribution >= 0.6 is 0 Å². The van der Waals surface area contributed by atoms with E-state index in [-0.39, 0.29) is 17.4 Å². The molecule has 1 heterocycles. The Morgan fingerprint density at radius 2 is 2.16 bits per heavy atom. The van der Waals surface area contributed by atoms with Gasteiger partial charge in [0.25, 0.3) is 0 Å². The van der Waals surface area contributed by atoms with Gasteiger partial charge in [0.1, 0.15) is 0 Å². The summed E-state index contributed by atoms with van der Waals surface area (Å²) in [5.41, 5.74) is 2.07. The third kappa shape index (κ3) is 2.01. The van der Waals surface area contributed by atoms with E-state index in [0.29, 0.717) is 0 Å². The molecule has 2 atom stereocenters. The molecule has 102 valence electrons. The number of methoxy groups -OCH3 is 1. The van der Waals surface area contributed by atoms with E-state index in [0.717, 1.165) is 25.7 Å². The quantitative estimate of drug-likeness (QED) is 0.787. The first-order valence-corrected chi connectivity index (χ1v) is 7.19. The second-order valence-electron chi connectivity index (χ2n) is 5.78. The summed E-state index contributed by atoms with van der Waals surface area (Å²) in [6.07, 6.45) is 6.34. The molecular weight excluding hydrogens is 238 g/mol. The van der Waals surface area contributed by atoms with Crippen LogP contribution < -0.4 is 5.32 Å². The Bertz CT molecular complexity index is 485. The van der Waals surface area contributed by atoms with Crippen LogP contribution in [-0.2, 0) is 16.0 Å². The monoisotopic (exact) mass is 259 g/mol. The highest BCUT2D eigenvalue weighted by Gasteiger charge is 2.49. The van der Waals surface area contributed by atoms with Crippen molar-refractivity contribution < 1.29 is 9.53 Å². The van der Waals surface area contributed by atoms with Crippen LogP contribution in [0.15, 0.2) is 24.3 Å². The van der Waals surface area contributed by atoms with Crippen LogP contribution in [0.5, 0.6) is 0 Å². The van der Waals surface area contributed by atoms with Gasteiger partial charge in [-0.15, -0.1) is 0 Å². The second-order valence-corrected chi connectivity index (χ2v) is 5.78. The summed E-state index contributed by atoms with van der Waals surface area (Å²) in [5, 5.41) is 3.59. The molecule has 1 aromatic carbocycles. The molecule has 3 heteroatoms. The molecule has 0 saturated heterocycles. The van der Waals surface area contributed by atoms with Crippen molar-refractivity contribution >= 4 is 11.7 Å². The first-order valence-electron chi connectivity index (χ1n) is 7.19. The van der Waals surface area contributed by atoms with E-state index in [9.17, 15) is 4.79 Å². The molecule has 0 spiro atoms. The Morgan fingerprint density at radius 1 is 1.32 bits per heavy atom. The minimum Gasteiger partial charge on any atom is -0.469 e. The van der Waals surface area contributed by atoms with Crippen molar-refractivity contribution in [3.63, 3.8) is 0 Å². The number of para-hydroxylation sites is 1. The maximum absolute atomic E-state index is 12.4. The zero-order valence-corrected chi connectivity index (χ0v) is 11.4. The number of benzene rings is 1. The van der Waals surface area contributed by atoms with Gasteiger partial charge < -0.3 is 10.1 Å². The Hall–Kier alpha value is -1.51. The molecule has 19 heavy (non-hydrogen) atoms. The number of esters is 1. The van der Waals surface area contributed by atoms with Crippen LogP contribution in [0.4, 0.5) is 5.69 Å². The molecule has 0 unspecified atom stereocenters. The van der Waals surface area contributed by atoms with Gasteiger partial charge in [0.15, 0.2) is 0 Å². The molecule has 1 N–H and O–H groups in total. The summed E-state index contributed by atoms with van der Waals surface area (Å²) < 4.78 is 5.14. The van der Waals surface area contributed by atoms with Crippen molar-refractivity contribution in [1.82, 2.24) is 0 Å². The van der Waals surface area contributed by atoms with E-state index in [4.69, 9.17) is 4.74 Å². The van der Waals surface area contributed by atoms with Crippen LogP contribution in [0.2, 0.25) is 0 Å². The van der Waals surface area contributed by atoms with Crippen LogP contribution in [0.3, 0.4) is 0 Å². The Morgan fingerprint density at radius 3 is 3.00 bits per heavy atom. The lowest BCUT2D eigenvalue weighted by Gasteiger charge is -2.42. The normalized spacial score (nSPS) is 29.4. The van der Waals surface area contributed by atoms with Gasteiger partial charge in [-0.05, 0) is 30.9 Å². The maximum atomic E-state index is 12.4. The van der Waals surface area contributed by atoms with Crippen LogP contribution in [-0.4, -0.2) is 19.1 Å². The lowest BCUT2D eigenvalue weighted by molar-refractivity contribution is -0.154. The van der Waals surface area contributed by atoms with Crippen LogP contribution in [0.25, 0.3) is 0 Å². The highest BCUT2D eigenvalue weighted by atomic mass is 16.5. The van der Waals surface area contributed by atoms with E-state index in [2.05, 4.69) is 17.4 Å². The number of anilines is 1. The summed E-state index contributed by atoms with van der Waals surface area (Å²) in [7, 11) is 1.51. The number of nitrogens with one attached hydrogen (secondary N) is 1. The summed E-state index contributed by atoms with van der Waals surface area (Å²) >= 11 is 0. The number of carbonyl (C=O) groups excluding carboxylic acids is 1. The fraction of sp³-hybridized carbons (Fsp3) is 0.562.